The maximum absolute atomic E-state index is 9.39. The molecule has 2 unspecified atom stereocenters. The van der Waals surface area contributed by atoms with Gasteiger partial charge in [-0.25, -0.2) is 0 Å². The van der Waals surface area contributed by atoms with Crippen LogP contribution in [0.4, 0.5) is 0 Å². The zero-order valence-electron chi connectivity index (χ0n) is 14.1. The van der Waals surface area contributed by atoms with Crippen LogP contribution in [0.25, 0.3) is 0 Å². The van der Waals surface area contributed by atoms with E-state index in [1.807, 2.05) is 0 Å². The minimum absolute atomic E-state index is 0. The molecule has 0 aliphatic heterocycles. The molecule has 0 saturated carbocycles. The first-order valence-electron chi connectivity index (χ1n) is 5.65. The third-order valence-electron chi connectivity index (χ3n) is 1.90. The maximum Gasteiger partial charge on any atom is 0.745 e. The molecule has 0 amide bonds. The Morgan fingerprint density at radius 2 is 1.10 bits per heavy atom. The summed E-state index contributed by atoms with van der Waals surface area (Å²) < 4.78 is 22.2. The van der Waals surface area contributed by atoms with Gasteiger partial charge in [0.15, 0.2) is 4.31 Å². The van der Waals surface area contributed by atoms with Crippen molar-refractivity contribution in [2.45, 2.75) is 51.9 Å². The molecule has 0 rings (SSSR count). The summed E-state index contributed by atoms with van der Waals surface area (Å²) in [5.41, 5.74) is 0. The molecule has 0 aromatic heterocycles. The molecular weight excluding hydrogens is 358 g/mol. The molecule has 0 aromatic carbocycles. The summed E-state index contributed by atoms with van der Waals surface area (Å²) >= 11 is 0. The number of aliphatic hydroxyl groups excluding tert-OH is 1. The van der Waals surface area contributed by atoms with E-state index in [1.54, 1.807) is 0 Å². The minimum atomic E-state index is -2.92. The Morgan fingerprint density at radius 1 is 0.762 bits per heavy atom. The summed E-state index contributed by atoms with van der Waals surface area (Å²) in [4.78, 5) is 15.3. The van der Waals surface area contributed by atoms with Gasteiger partial charge in [0, 0.05) is 134 Å². The Hall–Kier alpha value is 4.04. The number of rotatable bonds is 9. The Bertz CT molecular complexity index is 195. The molecule has 0 spiro atoms. The Kier molecular flexibility index (Phi) is 66.9. The van der Waals surface area contributed by atoms with E-state index in [4.69, 9.17) is 14.9 Å². The van der Waals surface area contributed by atoms with E-state index in [0.717, 1.165) is 6.42 Å². The first-order chi connectivity index (χ1) is 8.04. The van der Waals surface area contributed by atoms with Crippen LogP contribution in [0.3, 0.4) is 0 Å². The summed E-state index contributed by atoms with van der Waals surface area (Å²) in [7, 11) is -5.85. The molecule has 0 aliphatic carbocycles. The van der Waals surface area contributed by atoms with Crippen LogP contribution in [0.15, 0.2) is 0 Å². The van der Waals surface area contributed by atoms with E-state index in [1.165, 1.54) is 38.5 Å². The van der Waals surface area contributed by atoms with Gasteiger partial charge in [0.25, 0.3) is 0 Å². The fraction of sp³-hybridized carbons (Fsp3) is 1.00. The predicted octanol–water partition coefficient (Wildman–Crippen LogP) is 1.51. The van der Waals surface area contributed by atoms with Crippen molar-refractivity contribution in [3.8, 4) is 0 Å². The SMILES string of the molecule is CCCCCCCCCO.O=[P+](O)O[P+](=O)O.[Na].[Na].[Na].[Na]. The molecule has 0 fully saturated rings. The molecule has 4 radical (unpaired) electrons. The molecule has 106 valence electrons. The molecule has 0 heterocycles. The van der Waals surface area contributed by atoms with Crippen molar-refractivity contribution in [2.24, 2.45) is 0 Å². The molecule has 0 saturated heterocycles. The molecule has 0 bridgehead atoms. The zero-order valence-corrected chi connectivity index (χ0v) is 23.9. The molecule has 0 aromatic rings. The minimum Gasteiger partial charge on any atom is -0.396 e. The van der Waals surface area contributed by atoms with E-state index < -0.39 is 16.5 Å². The smallest absolute Gasteiger partial charge is 0.396 e. The number of hydrogen-bond acceptors (Lipinski definition) is 4. The van der Waals surface area contributed by atoms with E-state index in [0.29, 0.717) is 6.61 Å². The van der Waals surface area contributed by atoms with E-state index in [9.17, 15) is 9.13 Å². The predicted molar refractivity (Wildman–Crippen MR) is 88.8 cm³/mol. The Balaban J connectivity index is -0.0000000468. The molecule has 6 nitrogen and oxygen atoms in total. The van der Waals surface area contributed by atoms with Crippen LogP contribution in [-0.4, -0.2) is 140 Å². The van der Waals surface area contributed by atoms with Gasteiger partial charge in [0.2, 0.25) is 0 Å². The monoisotopic (exact) mass is 380 g/mol. The fourth-order valence-electron chi connectivity index (χ4n) is 1.13. The normalized spacial score (nSPS) is 9.33. The van der Waals surface area contributed by atoms with Gasteiger partial charge in [-0.1, -0.05) is 45.4 Å². The summed E-state index contributed by atoms with van der Waals surface area (Å²) in [6.45, 7) is 2.60. The molecule has 3 N–H and O–H groups in total. The number of unbranched alkanes of at least 4 members (excludes halogenated alkanes) is 6. The second-order valence-corrected chi connectivity index (χ2v) is 5.01. The quantitative estimate of drug-likeness (QED) is 0.318. The van der Waals surface area contributed by atoms with E-state index in [-0.39, 0.29) is 118 Å². The molecular formula is C9H22Na4O6P2+2. The number of aliphatic hydroxyl groups is 1. The van der Waals surface area contributed by atoms with Gasteiger partial charge in [-0.15, -0.1) is 9.79 Å². The van der Waals surface area contributed by atoms with Crippen molar-refractivity contribution in [3.63, 3.8) is 0 Å². The summed E-state index contributed by atoms with van der Waals surface area (Å²) in [6.07, 6.45) is 8.93. The van der Waals surface area contributed by atoms with Gasteiger partial charge >= 0.3 is 16.5 Å². The maximum atomic E-state index is 9.39. The van der Waals surface area contributed by atoms with E-state index >= 15 is 0 Å². The number of hydrogen-bond donors (Lipinski definition) is 3. The zero-order chi connectivity index (χ0) is 13.5. The standard InChI is InChI=1S/C9H20O.4Na.O5P2/c1-2-3-4-5-6-7-8-9-10;;;;;1-6(2)5-7(3)4/h10H,2-9H2,1H3;;;;;/p+2. The Labute approximate surface area is 218 Å². The van der Waals surface area contributed by atoms with Crippen LogP contribution in [-0.2, 0) is 13.4 Å². The first-order valence-corrected chi connectivity index (χ1v) is 7.91. The van der Waals surface area contributed by atoms with Crippen molar-refractivity contribution in [2.75, 3.05) is 6.61 Å². The molecule has 0 aliphatic rings. The second kappa shape index (κ2) is 35.2. The largest absolute Gasteiger partial charge is 0.745 e. The van der Waals surface area contributed by atoms with Crippen molar-refractivity contribution in [1.82, 2.24) is 0 Å². The van der Waals surface area contributed by atoms with Crippen LogP contribution >= 0.6 is 16.5 Å². The van der Waals surface area contributed by atoms with Crippen LogP contribution in [0.1, 0.15) is 51.9 Å². The van der Waals surface area contributed by atoms with Gasteiger partial charge in [-0.3, -0.25) is 0 Å². The van der Waals surface area contributed by atoms with Gasteiger partial charge < -0.3 is 5.11 Å². The van der Waals surface area contributed by atoms with Crippen LogP contribution in [0.2, 0.25) is 0 Å². The van der Waals surface area contributed by atoms with Crippen LogP contribution in [0.5, 0.6) is 0 Å². The van der Waals surface area contributed by atoms with Crippen molar-refractivity contribution < 1.29 is 28.3 Å². The summed E-state index contributed by atoms with van der Waals surface area (Å²) in [6, 6.07) is 0. The average Bonchev–Trinajstić information content (AvgIpc) is 2.22. The fourth-order valence-corrected chi connectivity index (χ4v) is 1.61. The van der Waals surface area contributed by atoms with Crippen molar-refractivity contribution in [1.29, 1.82) is 0 Å². The first kappa shape index (κ1) is 39.9. The third kappa shape index (κ3) is 51.6. The van der Waals surface area contributed by atoms with Crippen molar-refractivity contribution >= 4 is 135 Å². The molecule has 12 heteroatoms. The average molecular weight is 380 g/mol. The van der Waals surface area contributed by atoms with Crippen LogP contribution in [0, 0.1) is 0 Å². The topological polar surface area (TPSA) is 104 Å². The van der Waals surface area contributed by atoms with Gasteiger partial charge in [-0.2, -0.15) is 0 Å². The molecule has 2 atom stereocenters. The summed E-state index contributed by atoms with van der Waals surface area (Å²) in [5, 5.41) is 8.47. The second-order valence-electron chi connectivity index (χ2n) is 3.40. The van der Waals surface area contributed by atoms with E-state index in [2.05, 4.69) is 11.2 Å². The van der Waals surface area contributed by atoms with Crippen molar-refractivity contribution in [3.05, 3.63) is 0 Å². The Morgan fingerprint density at radius 3 is 1.33 bits per heavy atom. The van der Waals surface area contributed by atoms with Gasteiger partial charge in [0.05, 0.1) is 0 Å². The summed E-state index contributed by atoms with van der Waals surface area (Å²) in [5.74, 6) is 0. The van der Waals surface area contributed by atoms with Gasteiger partial charge in [0.1, 0.15) is 0 Å². The van der Waals surface area contributed by atoms with Crippen LogP contribution < -0.4 is 0 Å². The third-order valence-corrected chi connectivity index (χ3v) is 3.02. The van der Waals surface area contributed by atoms with Gasteiger partial charge in [-0.05, 0) is 6.42 Å². The molecule has 21 heavy (non-hydrogen) atoms.